The zero-order valence-electron chi connectivity index (χ0n) is 8.95. The van der Waals surface area contributed by atoms with Crippen molar-refractivity contribution in [3.63, 3.8) is 0 Å². The van der Waals surface area contributed by atoms with Gasteiger partial charge in [-0.2, -0.15) is 0 Å². The highest BCUT2D eigenvalue weighted by atomic mass is 16.3. The van der Waals surface area contributed by atoms with Crippen LogP contribution >= 0.6 is 0 Å². The summed E-state index contributed by atoms with van der Waals surface area (Å²) in [5.41, 5.74) is 1.35. The highest BCUT2D eigenvalue weighted by molar-refractivity contribution is 6.07. The van der Waals surface area contributed by atoms with Crippen LogP contribution in [0.25, 0.3) is 0 Å². The summed E-state index contributed by atoms with van der Waals surface area (Å²) in [6.45, 7) is 1.75. The first-order valence-electron chi connectivity index (χ1n) is 5.43. The molecule has 1 aliphatic carbocycles. The molecule has 0 aromatic carbocycles. The summed E-state index contributed by atoms with van der Waals surface area (Å²) in [5, 5.41) is 0. The molecule has 80 valence electrons. The van der Waals surface area contributed by atoms with E-state index in [4.69, 9.17) is 4.42 Å². The Kier molecular flexibility index (Phi) is 2.99. The van der Waals surface area contributed by atoms with Crippen LogP contribution in [0.2, 0.25) is 0 Å². The fourth-order valence-corrected chi connectivity index (χ4v) is 1.85. The zero-order chi connectivity index (χ0) is 10.7. The largest absolute Gasteiger partial charge is 0.449 e. The van der Waals surface area contributed by atoms with Crippen LogP contribution in [-0.4, -0.2) is 10.8 Å². The van der Waals surface area contributed by atoms with E-state index in [-0.39, 0.29) is 5.78 Å². The summed E-state index contributed by atoms with van der Waals surface area (Å²) < 4.78 is 5.05. The van der Waals surface area contributed by atoms with Gasteiger partial charge in [-0.05, 0) is 31.3 Å². The Morgan fingerprint density at radius 2 is 2.27 bits per heavy atom. The van der Waals surface area contributed by atoms with E-state index in [2.05, 4.69) is 11.1 Å². The second-order valence-electron chi connectivity index (χ2n) is 3.91. The van der Waals surface area contributed by atoms with Gasteiger partial charge in [-0.15, -0.1) is 0 Å². The molecule has 1 aromatic heterocycles. The van der Waals surface area contributed by atoms with Gasteiger partial charge in [0.15, 0.2) is 5.89 Å². The van der Waals surface area contributed by atoms with Crippen molar-refractivity contribution in [1.82, 2.24) is 4.98 Å². The predicted octanol–water partition coefficient (Wildman–Crippen LogP) is 3.06. The van der Waals surface area contributed by atoms with Crippen LogP contribution in [0.4, 0.5) is 0 Å². The van der Waals surface area contributed by atoms with Crippen molar-refractivity contribution in [1.29, 1.82) is 0 Å². The molecular weight excluding hydrogens is 190 g/mol. The summed E-state index contributed by atoms with van der Waals surface area (Å²) in [7, 11) is 0. The number of carbonyl (C=O) groups is 1. The molecule has 3 nitrogen and oxygen atoms in total. The quantitative estimate of drug-likeness (QED) is 0.697. The summed E-state index contributed by atoms with van der Waals surface area (Å²) in [6, 6.07) is 0. The summed E-state index contributed by atoms with van der Waals surface area (Å²) in [6.07, 6.45) is 8.90. The van der Waals surface area contributed by atoms with Crippen LogP contribution in [0.3, 0.4) is 0 Å². The third-order valence-electron chi connectivity index (χ3n) is 2.68. The van der Waals surface area contributed by atoms with E-state index in [1.54, 1.807) is 6.92 Å². The van der Waals surface area contributed by atoms with Crippen LogP contribution in [0.15, 0.2) is 22.3 Å². The second kappa shape index (κ2) is 4.43. The molecule has 1 heterocycles. The fourth-order valence-electron chi connectivity index (χ4n) is 1.85. The number of oxazole rings is 1. The van der Waals surface area contributed by atoms with Gasteiger partial charge in [-0.1, -0.05) is 12.5 Å². The molecule has 15 heavy (non-hydrogen) atoms. The molecule has 0 saturated heterocycles. The lowest BCUT2D eigenvalue weighted by Gasteiger charge is -2.00. The van der Waals surface area contributed by atoms with Gasteiger partial charge in [0, 0.05) is 6.92 Å². The maximum absolute atomic E-state index is 12.0. The number of aryl methyl sites for hydroxylation is 1. The molecule has 0 unspecified atom stereocenters. The molecule has 0 N–H and O–H groups in total. The first-order chi connectivity index (χ1) is 7.27. The monoisotopic (exact) mass is 205 g/mol. The Hall–Kier alpha value is -1.38. The van der Waals surface area contributed by atoms with Gasteiger partial charge >= 0.3 is 0 Å². The lowest BCUT2D eigenvalue weighted by Crippen LogP contribution is -2.03. The number of aromatic nitrogens is 1. The van der Waals surface area contributed by atoms with E-state index in [0.717, 1.165) is 24.8 Å². The summed E-state index contributed by atoms with van der Waals surface area (Å²) >= 11 is 0. The molecule has 0 spiro atoms. The molecule has 0 saturated carbocycles. The number of Topliss-reactive ketones (excluding diaryl/α,β-unsaturated/α-hetero) is 1. The van der Waals surface area contributed by atoms with Crippen molar-refractivity contribution in [3.8, 4) is 0 Å². The van der Waals surface area contributed by atoms with E-state index < -0.39 is 0 Å². The Morgan fingerprint density at radius 3 is 3.00 bits per heavy atom. The molecule has 3 heteroatoms. The Morgan fingerprint density at radius 1 is 1.40 bits per heavy atom. The predicted molar refractivity (Wildman–Crippen MR) is 56.7 cm³/mol. The number of carbonyl (C=O) groups excluding carboxylic acids is 1. The van der Waals surface area contributed by atoms with E-state index in [9.17, 15) is 4.79 Å². The first kappa shape index (κ1) is 10.1. The van der Waals surface area contributed by atoms with Crippen molar-refractivity contribution in [2.24, 2.45) is 0 Å². The molecule has 1 aliphatic rings. The van der Waals surface area contributed by atoms with Crippen LogP contribution in [0, 0.1) is 6.92 Å². The summed E-state index contributed by atoms with van der Waals surface area (Å²) in [5.74, 6) is 0.585. The smallest absolute Gasteiger partial charge is 0.210 e. The van der Waals surface area contributed by atoms with Crippen LogP contribution in [-0.2, 0) is 0 Å². The SMILES string of the molecule is Cc1nc(C(=O)C2=CCCCCC2)co1. The van der Waals surface area contributed by atoms with Gasteiger partial charge in [0.2, 0.25) is 5.78 Å². The number of hydrogen-bond acceptors (Lipinski definition) is 3. The topological polar surface area (TPSA) is 43.1 Å². The van der Waals surface area contributed by atoms with Crippen LogP contribution < -0.4 is 0 Å². The second-order valence-corrected chi connectivity index (χ2v) is 3.91. The van der Waals surface area contributed by atoms with Crippen molar-refractivity contribution < 1.29 is 9.21 Å². The van der Waals surface area contributed by atoms with Gasteiger partial charge in [-0.3, -0.25) is 4.79 Å². The highest BCUT2D eigenvalue weighted by Crippen LogP contribution is 2.20. The molecule has 0 aliphatic heterocycles. The number of hydrogen-bond donors (Lipinski definition) is 0. The van der Waals surface area contributed by atoms with Gasteiger partial charge in [0.1, 0.15) is 12.0 Å². The van der Waals surface area contributed by atoms with E-state index in [1.807, 2.05) is 0 Å². The van der Waals surface area contributed by atoms with Crippen molar-refractivity contribution in [3.05, 3.63) is 29.5 Å². The number of allylic oxidation sites excluding steroid dienone is 2. The van der Waals surface area contributed by atoms with Gasteiger partial charge < -0.3 is 4.42 Å². The number of ketones is 1. The average Bonchev–Trinajstić information content (AvgIpc) is 2.53. The average molecular weight is 205 g/mol. The Bertz CT molecular complexity index is 390. The lowest BCUT2D eigenvalue weighted by atomic mass is 10.0. The minimum Gasteiger partial charge on any atom is -0.449 e. The normalized spacial score (nSPS) is 17.0. The van der Waals surface area contributed by atoms with Crippen molar-refractivity contribution in [2.75, 3.05) is 0 Å². The molecular formula is C12H15NO2. The van der Waals surface area contributed by atoms with Crippen molar-refractivity contribution >= 4 is 5.78 Å². The Balaban J connectivity index is 2.16. The maximum atomic E-state index is 12.0. The molecule has 0 fully saturated rings. The lowest BCUT2D eigenvalue weighted by molar-refractivity contribution is 0.102. The maximum Gasteiger partial charge on any atom is 0.210 e. The minimum atomic E-state index is 0.0359. The minimum absolute atomic E-state index is 0.0359. The first-order valence-corrected chi connectivity index (χ1v) is 5.43. The molecule has 0 bridgehead atoms. The third kappa shape index (κ3) is 2.35. The van der Waals surface area contributed by atoms with Gasteiger partial charge in [-0.25, -0.2) is 4.98 Å². The van der Waals surface area contributed by atoms with Gasteiger partial charge in [0.05, 0.1) is 0 Å². The zero-order valence-corrected chi connectivity index (χ0v) is 8.95. The van der Waals surface area contributed by atoms with E-state index >= 15 is 0 Å². The molecule has 0 radical (unpaired) electrons. The standard InChI is InChI=1S/C12H15NO2/c1-9-13-11(8-15-9)12(14)10-6-4-2-3-5-7-10/h6,8H,2-5,7H2,1H3. The van der Waals surface area contributed by atoms with Crippen LogP contribution in [0.5, 0.6) is 0 Å². The Labute approximate surface area is 89.2 Å². The summed E-state index contributed by atoms with van der Waals surface area (Å²) in [4.78, 5) is 16.0. The molecule has 1 aromatic rings. The third-order valence-corrected chi connectivity index (χ3v) is 2.68. The van der Waals surface area contributed by atoms with Gasteiger partial charge in [0.25, 0.3) is 0 Å². The molecule has 0 amide bonds. The highest BCUT2D eigenvalue weighted by Gasteiger charge is 2.16. The van der Waals surface area contributed by atoms with Crippen LogP contribution in [0.1, 0.15) is 48.5 Å². The fraction of sp³-hybridized carbons (Fsp3) is 0.500. The number of rotatable bonds is 2. The van der Waals surface area contributed by atoms with Crippen molar-refractivity contribution in [2.45, 2.75) is 39.0 Å². The molecule has 0 atom stereocenters. The molecule has 2 rings (SSSR count). The van der Waals surface area contributed by atoms with E-state index in [1.165, 1.54) is 19.1 Å². The van der Waals surface area contributed by atoms with E-state index in [0.29, 0.717) is 11.6 Å². The number of nitrogens with zero attached hydrogens (tertiary/aromatic N) is 1.